The molecule has 0 aliphatic carbocycles. The average Bonchev–Trinajstić information content (AvgIpc) is 2.39. The van der Waals surface area contributed by atoms with Gasteiger partial charge in [0.2, 0.25) is 0 Å². The van der Waals surface area contributed by atoms with Gasteiger partial charge in [0.25, 0.3) is 5.91 Å². The van der Waals surface area contributed by atoms with Crippen LogP contribution >= 0.6 is 23.2 Å². The molecule has 0 bridgehead atoms. The lowest BCUT2D eigenvalue weighted by Crippen LogP contribution is -2.13. The highest BCUT2D eigenvalue weighted by Crippen LogP contribution is 2.21. The third kappa shape index (κ3) is 3.28. The van der Waals surface area contributed by atoms with Crippen LogP contribution < -0.4 is 5.32 Å². The quantitative estimate of drug-likeness (QED) is 0.821. The number of anilines is 1. The zero-order chi connectivity index (χ0) is 13.8. The topological polar surface area (TPSA) is 29.1 Å². The molecule has 0 aliphatic rings. The summed E-state index contributed by atoms with van der Waals surface area (Å²) in [6.45, 7) is 1.93. The number of carbonyl (C=O) groups excluding carboxylic acids is 1. The van der Waals surface area contributed by atoms with Crippen LogP contribution in [0.25, 0.3) is 0 Å². The zero-order valence-electron chi connectivity index (χ0n) is 10.4. The third-order valence-corrected chi connectivity index (χ3v) is 3.38. The Morgan fingerprint density at radius 2 is 1.95 bits per heavy atom. The maximum absolute atomic E-state index is 12.2. The van der Waals surface area contributed by atoms with Crippen LogP contribution in [0.4, 0.5) is 5.69 Å². The molecular formula is C15H13Cl2NO. The van der Waals surface area contributed by atoms with E-state index in [-0.39, 0.29) is 5.91 Å². The van der Waals surface area contributed by atoms with E-state index >= 15 is 0 Å². The minimum absolute atomic E-state index is 0.234. The summed E-state index contributed by atoms with van der Waals surface area (Å²) in [4.78, 5) is 12.2. The molecule has 98 valence electrons. The van der Waals surface area contributed by atoms with E-state index in [4.69, 9.17) is 23.2 Å². The Kier molecular flexibility index (Phi) is 4.46. The highest BCUT2D eigenvalue weighted by atomic mass is 35.5. The Labute approximate surface area is 122 Å². The van der Waals surface area contributed by atoms with Crippen LogP contribution in [-0.2, 0) is 5.88 Å². The Bertz CT molecular complexity index is 611. The van der Waals surface area contributed by atoms with Crippen LogP contribution in [0.15, 0.2) is 42.5 Å². The maximum Gasteiger partial charge on any atom is 0.257 e. The molecule has 0 radical (unpaired) electrons. The summed E-state index contributed by atoms with van der Waals surface area (Å²) >= 11 is 11.9. The number of halogens is 2. The summed E-state index contributed by atoms with van der Waals surface area (Å²) in [7, 11) is 0. The van der Waals surface area contributed by atoms with E-state index in [0.29, 0.717) is 22.2 Å². The van der Waals surface area contributed by atoms with E-state index in [1.807, 2.05) is 37.3 Å². The Hall–Kier alpha value is -1.51. The predicted molar refractivity (Wildman–Crippen MR) is 80.1 cm³/mol. The number of rotatable bonds is 3. The number of aryl methyl sites for hydroxylation is 1. The third-order valence-electron chi connectivity index (χ3n) is 2.78. The number of amides is 1. The smallest absolute Gasteiger partial charge is 0.257 e. The monoisotopic (exact) mass is 293 g/mol. The van der Waals surface area contributed by atoms with Gasteiger partial charge in [0, 0.05) is 11.6 Å². The van der Waals surface area contributed by atoms with Crippen molar-refractivity contribution in [2.24, 2.45) is 0 Å². The highest BCUT2D eigenvalue weighted by molar-refractivity contribution is 6.34. The second-order valence-corrected chi connectivity index (χ2v) is 4.90. The maximum atomic E-state index is 12.2. The van der Waals surface area contributed by atoms with E-state index in [0.717, 1.165) is 11.1 Å². The van der Waals surface area contributed by atoms with Crippen molar-refractivity contribution >= 4 is 34.8 Å². The minimum Gasteiger partial charge on any atom is -0.322 e. The van der Waals surface area contributed by atoms with Gasteiger partial charge in [0.15, 0.2) is 0 Å². The molecule has 0 saturated carbocycles. The number of benzene rings is 2. The van der Waals surface area contributed by atoms with E-state index in [9.17, 15) is 4.79 Å². The number of carbonyl (C=O) groups is 1. The average molecular weight is 294 g/mol. The number of para-hydroxylation sites is 1. The summed E-state index contributed by atoms with van der Waals surface area (Å²) in [5, 5.41) is 3.28. The van der Waals surface area contributed by atoms with Crippen LogP contribution in [0.1, 0.15) is 21.5 Å². The molecule has 0 aliphatic heterocycles. The second-order valence-electron chi connectivity index (χ2n) is 4.23. The molecular weight excluding hydrogens is 281 g/mol. The van der Waals surface area contributed by atoms with Crippen molar-refractivity contribution in [1.82, 2.24) is 0 Å². The first-order valence-electron chi connectivity index (χ1n) is 5.83. The van der Waals surface area contributed by atoms with Crippen LogP contribution in [0.2, 0.25) is 5.02 Å². The van der Waals surface area contributed by atoms with Gasteiger partial charge >= 0.3 is 0 Å². The normalized spacial score (nSPS) is 10.3. The van der Waals surface area contributed by atoms with Gasteiger partial charge in [-0.05, 0) is 36.2 Å². The Morgan fingerprint density at radius 3 is 2.63 bits per heavy atom. The summed E-state index contributed by atoms with van der Waals surface area (Å²) in [6, 6.07) is 12.8. The fourth-order valence-corrected chi connectivity index (χ4v) is 2.31. The van der Waals surface area contributed by atoms with Crippen LogP contribution in [-0.4, -0.2) is 5.91 Å². The molecule has 1 N–H and O–H groups in total. The Morgan fingerprint density at radius 1 is 1.21 bits per heavy atom. The second kappa shape index (κ2) is 6.09. The van der Waals surface area contributed by atoms with Crippen LogP contribution in [0.3, 0.4) is 0 Å². The van der Waals surface area contributed by atoms with Crippen molar-refractivity contribution in [2.75, 3.05) is 5.32 Å². The van der Waals surface area contributed by atoms with Gasteiger partial charge < -0.3 is 5.32 Å². The van der Waals surface area contributed by atoms with Gasteiger partial charge in [-0.15, -0.1) is 11.6 Å². The molecule has 0 unspecified atom stereocenters. The van der Waals surface area contributed by atoms with Gasteiger partial charge in [0.05, 0.1) is 10.6 Å². The van der Waals surface area contributed by atoms with Gasteiger partial charge in [-0.2, -0.15) is 0 Å². The molecule has 1 amide bonds. The van der Waals surface area contributed by atoms with Crippen molar-refractivity contribution in [1.29, 1.82) is 0 Å². The molecule has 0 fully saturated rings. The highest BCUT2D eigenvalue weighted by Gasteiger charge is 2.12. The largest absolute Gasteiger partial charge is 0.322 e. The van der Waals surface area contributed by atoms with Crippen molar-refractivity contribution in [2.45, 2.75) is 12.8 Å². The van der Waals surface area contributed by atoms with Crippen molar-refractivity contribution in [3.8, 4) is 0 Å². The minimum atomic E-state index is -0.234. The lowest BCUT2D eigenvalue weighted by atomic mass is 10.1. The number of nitrogens with one attached hydrogen (secondary N) is 1. The Balaban J connectivity index is 2.26. The number of hydrogen-bond donors (Lipinski definition) is 1. The van der Waals surface area contributed by atoms with Crippen molar-refractivity contribution in [3.63, 3.8) is 0 Å². The first-order valence-corrected chi connectivity index (χ1v) is 6.74. The van der Waals surface area contributed by atoms with Gasteiger partial charge in [-0.3, -0.25) is 4.79 Å². The fourth-order valence-electron chi connectivity index (χ4n) is 1.75. The van der Waals surface area contributed by atoms with Crippen molar-refractivity contribution in [3.05, 3.63) is 64.2 Å². The first kappa shape index (κ1) is 13.9. The number of hydrogen-bond acceptors (Lipinski definition) is 1. The van der Waals surface area contributed by atoms with Crippen molar-refractivity contribution < 1.29 is 4.79 Å². The molecule has 2 aromatic carbocycles. The van der Waals surface area contributed by atoms with E-state index < -0.39 is 0 Å². The number of alkyl halides is 1. The molecule has 4 heteroatoms. The molecule has 2 aromatic rings. The SMILES string of the molecule is Cc1ccc(C(=O)Nc2ccccc2CCl)c(Cl)c1. The molecule has 0 atom stereocenters. The molecule has 2 rings (SSSR count). The predicted octanol–water partition coefficient (Wildman–Crippen LogP) is 4.64. The van der Waals surface area contributed by atoms with E-state index in [1.165, 1.54) is 0 Å². The summed E-state index contributed by atoms with van der Waals surface area (Å²) in [5.74, 6) is 0.112. The van der Waals surface area contributed by atoms with Gasteiger partial charge in [-0.25, -0.2) is 0 Å². The van der Waals surface area contributed by atoms with Gasteiger partial charge in [0.1, 0.15) is 0 Å². The molecule has 19 heavy (non-hydrogen) atoms. The molecule has 0 saturated heterocycles. The summed E-state index contributed by atoms with van der Waals surface area (Å²) in [5.41, 5.74) is 3.05. The molecule has 2 nitrogen and oxygen atoms in total. The fraction of sp³-hybridized carbons (Fsp3) is 0.133. The standard InChI is InChI=1S/C15H13Cl2NO/c1-10-6-7-12(13(17)8-10)15(19)18-14-5-3-2-4-11(14)9-16/h2-8H,9H2,1H3,(H,18,19). The van der Waals surface area contributed by atoms with E-state index in [1.54, 1.807) is 12.1 Å². The molecule has 0 aromatic heterocycles. The summed E-state index contributed by atoms with van der Waals surface area (Å²) < 4.78 is 0. The summed E-state index contributed by atoms with van der Waals surface area (Å²) in [6.07, 6.45) is 0. The van der Waals surface area contributed by atoms with Gasteiger partial charge in [-0.1, -0.05) is 35.9 Å². The first-order chi connectivity index (χ1) is 9.11. The molecule has 0 spiro atoms. The lowest BCUT2D eigenvalue weighted by Gasteiger charge is -2.10. The zero-order valence-corrected chi connectivity index (χ0v) is 11.9. The van der Waals surface area contributed by atoms with Crippen LogP contribution in [0, 0.1) is 6.92 Å². The lowest BCUT2D eigenvalue weighted by molar-refractivity contribution is 0.102. The van der Waals surface area contributed by atoms with E-state index in [2.05, 4.69) is 5.32 Å². The molecule has 0 heterocycles. The van der Waals surface area contributed by atoms with Crippen LogP contribution in [0.5, 0.6) is 0 Å².